The molecule has 0 fully saturated rings. The third-order valence-electron chi connectivity index (χ3n) is 3.19. The molecular weight excluding hydrogens is 294 g/mol. The van der Waals surface area contributed by atoms with Gasteiger partial charge in [0, 0.05) is 23.4 Å². The minimum Gasteiger partial charge on any atom is -0.496 e. The van der Waals surface area contributed by atoms with Gasteiger partial charge in [0.25, 0.3) is 0 Å². The van der Waals surface area contributed by atoms with Gasteiger partial charge >= 0.3 is 0 Å². The topological polar surface area (TPSA) is 56.8 Å². The minimum absolute atomic E-state index is 0.229. The van der Waals surface area contributed by atoms with E-state index in [1.165, 1.54) is 6.08 Å². The van der Waals surface area contributed by atoms with Gasteiger partial charge in [-0.25, -0.2) is 0 Å². The normalized spacial score (nSPS) is 10.4. The van der Waals surface area contributed by atoms with E-state index in [0.29, 0.717) is 22.8 Å². The van der Waals surface area contributed by atoms with E-state index in [2.05, 4.69) is 5.32 Å². The smallest absolute Gasteiger partial charge is 0.248 e. The first kappa shape index (κ1) is 16.4. The van der Waals surface area contributed by atoms with Crippen molar-refractivity contribution in [3.8, 4) is 17.2 Å². The second-order valence-electron chi connectivity index (χ2n) is 4.64. The van der Waals surface area contributed by atoms with Crippen molar-refractivity contribution in [1.29, 1.82) is 0 Å². The molecule has 0 saturated carbocycles. The number of hydrogen-bond donors (Lipinski definition) is 1. The summed E-state index contributed by atoms with van der Waals surface area (Å²) in [5.74, 6) is 1.49. The lowest BCUT2D eigenvalue weighted by Gasteiger charge is -2.12. The highest BCUT2D eigenvalue weighted by atomic mass is 16.5. The van der Waals surface area contributed by atoms with Gasteiger partial charge in [-0.2, -0.15) is 0 Å². The lowest BCUT2D eigenvalue weighted by atomic mass is 10.1. The Bertz CT molecular complexity index is 696. The van der Waals surface area contributed by atoms with Gasteiger partial charge in [0.05, 0.1) is 21.3 Å². The molecule has 2 aromatic carbocycles. The molecule has 0 aliphatic heterocycles. The fraction of sp³-hybridized carbons (Fsp3) is 0.167. The van der Waals surface area contributed by atoms with Gasteiger partial charge in [-0.1, -0.05) is 18.2 Å². The van der Waals surface area contributed by atoms with Crippen molar-refractivity contribution in [1.82, 2.24) is 0 Å². The van der Waals surface area contributed by atoms with Crippen LogP contribution in [0.2, 0.25) is 0 Å². The van der Waals surface area contributed by atoms with E-state index in [0.717, 1.165) is 5.69 Å². The van der Waals surface area contributed by atoms with Gasteiger partial charge in [0.2, 0.25) is 5.91 Å². The zero-order chi connectivity index (χ0) is 16.7. The molecule has 0 aromatic heterocycles. The van der Waals surface area contributed by atoms with Crippen molar-refractivity contribution in [2.75, 3.05) is 26.6 Å². The van der Waals surface area contributed by atoms with Gasteiger partial charge in [0.15, 0.2) is 11.5 Å². The number of nitrogens with one attached hydrogen (secondary N) is 1. The summed E-state index contributed by atoms with van der Waals surface area (Å²) < 4.78 is 15.8. The van der Waals surface area contributed by atoms with Crippen LogP contribution < -0.4 is 19.5 Å². The zero-order valence-electron chi connectivity index (χ0n) is 13.3. The van der Waals surface area contributed by atoms with Gasteiger partial charge in [-0.05, 0) is 24.3 Å². The second-order valence-corrected chi connectivity index (χ2v) is 4.64. The third-order valence-corrected chi connectivity index (χ3v) is 3.19. The largest absolute Gasteiger partial charge is 0.496 e. The molecule has 0 spiro atoms. The average molecular weight is 313 g/mol. The first-order valence-electron chi connectivity index (χ1n) is 7.02. The van der Waals surface area contributed by atoms with Crippen LogP contribution in [0.1, 0.15) is 5.56 Å². The van der Waals surface area contributed by atoms with Crippen LogP contribution in [0, 0.1) is 0 Å². The predicted molar refractivity (Wildman–Crippen MR) is 90.2 cm³/mol. The molecule has 2 rings (SSSR count). The lowest BCUT2D eigenvalue weighted by molar-refractivity contribution is -0.111. The summed E-state index contributed by atoms with van der Waals surface area (Å²) in [5, 5.41) is 2.78. The van der Waals surface area contributed by atoms with E-state index in [1.54, 1.807) is 39.5 Å². The molecule has 0 aliphatic carbocycles. The highest BCUT2D eigenvalue weighted by Gasteiger charge is 2.10. The van der Waals surface area contributed by atoms with E-state index in [4.69, 9.17) is 14.2 Å². The number of ether oxygens (including phenoxy) is 3. The van der Waals surface area contributed by atoms with Crippen LogP contribution in [-0.4, -0.2) is 27.2 Å². The third kappa shape index (κ3) is 4.26. The number of rotatable bonds is 6. The maximum atomic E-state index is 12.0. The van der Waals surface area contributed by atoms with Crippen molar-refractivity contribution in [3.63, 3.8) is 0 Å². The molecule has 0 saturated heterocycles. The number of benzene rings is 2. The van der Waals surface area contributed by atoms with Crippen LogP contribution >= 0.6 is 0 Å². The average Bonchev–Trinajstić information content (AvgIpc) is 2.59. The Balaban J connectivity index is 2.19. The van der Waals surface area contributed by atoms with E-state index >= 15 is 0 Å². The van der Waals surface area contributed by atoms with E-state index < -0.39 is 0 Å². The summed E-state index contributed by atoms with van der Waals surface area (Å²) in [6.07, 6.45) is 3.11. The Morgan fingerprint density at radius 2 is 1.52 bits per heavy atom. The molecule has 5 nitrogen and oxygen atoms in total. The number of carbonyl (C=O) groups is 1. The predicted octanol–water partition coefficient (Wildman–Crippen LogP) is 3.36. The Hall–Kier alpha value is -2.95. The van der Waals surface area contributed by atoms with Crippen LogP contribution in [0.5, 0.6) is 17.2 Å². The SMILES string of the molecule is COc1cc(OC)c(OC)cc1/C=C/C(=O)Nc1ccccc1. The van der Waals surface area contributed by atoms with E-state index in [1.807, 2.05) is 30.3 Å². The van der Waals surface area contributed by atoms with Crippen LogP contribution in [0.3, 0.4) is 0 Å². The first-order valence-corrected chi connectivity index (χ1v) is 7.02. The number of carbonyl (C=O) groups excluding carboxylic acids is 1. The number of amides is 1. The Morgan fingerprint density at radius 3 is 2.13 bits per heavy atom. The van der Waals surface area contributed by atoms with Crippen molar-refractivity contribution in [2.45, 2.75) is 0 Å². The fourth-order valence-corrected chi connectivity index (χ4v) is 2.05. The van der Waals surface area contributed by atoms with Crippen molar-refractivity contribution in [2.24, 2.45) is 0 Å². The van der Waals surface area contributed by atoms with E-state index in [-0.39, 0.29) is 5.91 Å². The molecular formula is C18H19NO4. The summed E-state index contributed by atoms with van der Waals surface area (Å²) in [4.78, 5) is 12.0. The Labute approximate surface area is 135 Å². The maximum absolute atomic E-state index is 12.0. The number of anilines is 1. The summed E-state index contributed by atoms with van der Waals surface area (Å²) in [7, 11) is 4.67. The Morgan fingerprint density at radius 1 is 0.913 bits per heavy atom. The molecule has 5 heteroatoms. The molecule has 0 atom stereocenters. The fourth-order valence-electron chi connectivity index (χ4n) is 2.05. The molecule has 1 amide bonds. The summed E-state index contributed by atoms with van der Waals surface area (Å²) >= 11 is 0. The molecule has 23 heavy (non-hydrogen) atoms. The van der Waals surface area contributed by atoms with Crippen LogP contribution in [0.25, 0.3) is 6.08 Å². The first-order chi connectivity index (χ1) is 11.2. The van der Waals surface area contributed by atoms with Crippen molar-refractivity contribution in [3.05, 3.63) is 54.1 Å². The summed E-state index contributed by atoms with van der Waals surface area (Å²) in [6, 6.07) is 12.7. The van der Waals surface area contributed by atoms with Gasteiger partial charge in [-0.3, -0.25) is 4.79 Å². The quantitative estimate of drug-likeness (QED) is 0.831. The highest BCUT2D eigenvalue weighted by Crippen LogP contribution is 2.35. The molecule has 0 bridgehead atoms. The van der Waals surface area contributed by atoms with Gasteiger partial charge < -0.3 is 19.5 Å². The summed E-state index contributed by atoms with van der Waals surface area (Å²) in [6.45, 7) is 0. The monoisotopic (exact) mass is 313 g/mol. The second kappa shape index (κ2) is 7.89. The van der Waals surface area contributed by atoms with Gasteiger partial charge in [0.1, 0.15) is 5.75 Å². The summed E-state index contributed by atoms with van der Waals surface area (Å²) in [5.41, 5.74) is 1.45. The standard InChI is InChI=1S/C18H19NO4/c1-21-15-12-17(23-3)16(22-2)11-13(15)9-10-18(20)19-14-7-5-4-6-8-14/h4-12H,1-3H3,(H,19,20)/b10-9+. The lowest BCUT2D eigenvalue weighted by Crippen LogP contribution is -2.07. The molecule has 0 radical (unpaired) electrons. The zero-order valence-corrected chi connectivity index (χ0v) is 13.3. The van der Waals surface area contributed by atoms with Crippen LogP contribution in [-0.2, 0) is 4.79 Å². The van der Waals surface area contributed by atoms with Gasteiger partial charge in [-0.15, -0.1) is 0 Å². The highest BCUT2D eigenvalue weighted by molar-refractivity contribution is 6.02. The number of methoxy groups -OCH3 is 3. The van der Waals surface area contributed by atoms with Crippen LogP contribution in [0.4, 0.5) is 5.69 Å². The maximum Gasteiger partial charge on any atom is 0.248 e. The number of para-hydroxylation sites is 1. The molecule has 0 aliphatic rings. The van der Waals surface area contributed by atoms with Crippen molar-refractivity contribution >= 4 is 17.7 Å². The van der Waals surface area contributed by atoms with Crippen molar-refractivity contribution < 1.29 is 19.0 Å². The minimum atomic E-state index is -0.229. The molecule has 0 unspecified atom stereocenters. The Kier molecular flexibility index (Phi) is 5.63. The molecule has 0 heterocycles. The molecule has 1 N–H and O–H groups in total. The molecule has 2 aromatic rings. The number of hydrogen-bond acceptors (Lipinski definition) is 4. The van der Waals surface area contributed by atoms with E-state index in [9.17, 15) is 4.79 Å². The molecule has 120 valence electrons. The van der Waals surface area contributed by atoms with Crippen LogP contribution in [0.15, 0.2) is 48.5 Å².